The van der Waals surface area contributed by atoms with E-state index in [-0.39, 0.29) is 11.4 Å². The zero-order chi connectivity index (χ0) is 24.1. The monoisotopic (exact) mass is 461 g/mol. The van der Waals surface area contributed by atoms with Crippen molar-refractivity contribution in [1.82, 2.24) is 5.06 Å². The molecule has 2 heterocycles. The van der Waals surface area contributed by atoms with E-state index in [0.717, 1.165) is 11.3 Å². The second-order valence-corrected chi connectivity index (χ2v) is 7.78. The summed E-state index contributed by atoms with van der Waals surface area (Å²) in [6, 6.07) is 13.3. The first-order valence-electron chi connectivity index (χ1n) is 11.1. The van der Waals surface area contributed by atoms with Gasteiger partial charge in [-0.3, -0.25) is 10.2 Å². The van der Waals surface area contributed by atoms with E-state index in [1.807, 2.05) is 44.2 Å². The van der Waals surface area contributed by atoms with Crippen molar-refractivity contribution in [2.24, 2.45) is 4.99 Å². The number of aliphatic imine (C=N–C) groups is 1. The van der Waals surface area contributed by atoms with Crippen molar-refractivity contribution in [2.45, 2.75) is 27.2 Å². The second kappa shape index (κ2) is 10.2. The third kappa shape index (κ3) is 5.11. The minimum absolute atomic E-state index is 0.0601. The number of allylic oxidation sites excluding steroid dienone is 1. The van der Waals surface area contributed by atoms with Crippen LogP contribution in [0.5, 0.6) is 17.2 Å². The van der Waals surface area contributed by atoms with E-state index in [9.17, 15) is 4.79 Å². The summed E-state index contributed by atoms with van der Waals surface area (Å²) in [7, 11) is 0. The molecule has 1 amide bonds. The lowest BCUT2D eigenvalue weighted by Gasteiger charge is -2.23. The van der Waals surface area contributed by atoms with Gasteiger partial charge in [0.15, 0.2) is 23.2 Å². The van der Waals surface area contributed by atoms with Crippen LogP contribution in [0.1, 0.15) is 31.4 Å². The summed E-state index contributed by atoms with van der Waals surface area (Å²) in [6.45, 7) is 7.11. The Bertz CT molecular complexity index is 1200. The Morgan fingerprint density at radius 2 is 1.79 bits per heavy atom. The van der Waals surface area contributed by atoms with E-state index in [1.54, 1.807) is 31.2 Å². The maximum Gasteiger partial charge on any atom is 0.282 e. The number of benzene rings is 2. The molecule has 4 rings (SSSR count). The van der Waals surface area contributed by atoms with Crippen molar-refractivity contribution in [2.75, 3.05) is 19.8 Å². The predicted octanol–water partition coefficient (Wildman–Crippen LogP) is 4.69. The molecule has 34 heavy (non-hydrogen) atoms. The van der Waals surface area contributed by atoms with E-state index in [1.165, 1.54) is 5.06 Å². The van der Waals surface area contributed by atoms with Gasteiger partial charge in [-0.25, -0.2) is 0 Å². The number of carbonyl (C=O) groups excluding carboxylic acids is 1. The molecule has 176 valence electrons. The lowest BCUT2D eigenvalue weighted by atomic mass is 10.1. The number of hydrogen-bond acceptors (Lipinski definition) is 6. The number of aryl methyl sites for hydroxylation is 1. The maximum absolute atomic E-state index is 12.5. The minimum atomic E-state index is -0.488. The summed E-state index contributed by atoms with van der Waals surface area (Å²) in [5.74, 6) is 2.38. The molecule has 0 radical (unpaired) electrons. The quantitative estimate of drug-likeness (QED) is 0.430. The Kier molecular flexibility index (Phi) is 6.96. The molecule has 0 fully saturated rings. The molecule has 0 aliphatic carbocycles. The second-order valence-electron chi connectivity index (χ2n) is 7.78. The van der Waals surface area contributed by atoms with Gasteiger partial charge >= 0.3 is 0 Å². The van der Waals surface area contributed by atoms with Crippen LogP contribution in [0.25, 0.3) is 6.08 Å². The van der Waals surface area contributed by atoms with Crippen molar-refractivity contribution < 1.29 is 23.8 Å². The van der Waals surface area contributed by atoms with Crippen molar-refractivity contribution in [3.05, 3.63) is 71.0 Å². The Hall–Kier alpha value is -4.07. The van der Waals surface area contributed by atoms with Gasteiger partial charge in [0.25, 0.3) is 5.91 Å². The smallest absolute Gasteiger partial charge is 0.282 e. The number of amidine groups is 2. The molecule has 0 saturated carbocycles. The number of nitrogens with one attached hydrogen (secondary N) is 1. The summed E-state index contributed by atoms with van der Waals surface area (Å²) in [6.07, 6.45) is 3.93. The van der Waals surface area contributed by atoms with Crippen LogP contribution in [0.2, 0.25) is 0 Å². The maximum atomic E-state index is 12.5. The van der Waals surface area contributed by atoms with Crippen LogP contribution in [0.15, 0.2) is 64.9 Å². The number of ether oxygens (including phenoxy) is 3. The number of hydrogen-bond donors (Lipinski definition) is 1. The number of carbonyl (C=O) groups is 1. The molecule has 0 atom stereocenters. The highest BCUT2D eigenvalue weighted by molar-refractivity contribution is 6.32. The van der Waals surface area contributed by atoms with Crippen LogP contribution in [-0.4, -0.2) is 42.5 Å². The number of hydroxylamine groups is 2. The molecule has 1 N–H and O–H groups in total. The number of fused-ring (bicyclic) bond motifs is 1. The van der Waals surface area contributed by atoms with Crippen molar-refractivity contribution >= 4 is 23.7 Å². The highest BCUT2D eigenvalue weighted by Crippen LogP contribution is 2.31. The van der Waals surface area contributed by atoms with E-state index in [4.69, 9.17) is 24.5 Å². The fraction of sp³-hybridized carbons (Fsp3) is 0.269. The van der Waals surface area contributed by atoms with Gasteiger partial charge in [-0.1, -0.05) is 24.3 Å². The summed E-state index contributed by atoms with van der Waals surface area (Å²) in [4.78, 5) is 22.0. The van der Waals surface area contributed by atoms with E-state index in [0.29, 0.717) is 54.9 Å². The van der Waals surface area contributed by atoms with Gasteiger partial charge in [-0.15, -0.1) is 5.06 Å². The van der Waals surface area contributed by atoms with Crippen molar-refractivity contribution in [1.29, 1.82) is 5.41 Å². The first-order chi connectivity index (χ1) is 16.5. The summed E-state index contributed by atoms with van der Waals surface area (Å²) in [5.41, 5.74) is 1.92. The molecule has 0 saturated heterocycles. The van der Waals surface area contributed by atoms with Gasteiger partial charge in [0.1, 0.15) is 11.5 Å². The van der Waals surface area contributed by atoms with E-state index < -0.39 is 5.91 Å². The number of amides is 1. The molecule has 2 aromatic carbocycles. The fourth-order valence-corrected chi connectivity index (χ4v) is 3.51. The van der Waals surface area contributed by atoms with Crippen LogP contribution in [0.4, 0.5) is 0 Å². The van der Waals surface area contributed by atoms with Gasteiger partial charge in [-0.2, -0.15) is 4.99 Å². The van der Waals surface area contributed by atoms with Gasteiger partial charge in [-0.05, 0) is 56.2 Å². The summed E-state index contributed by atoms with van der Waals surface area (Å²) in [5, 5.41) is 9.59. The van der Waals surface area contributed by atoms with Gasteiger partial charge in [0, 0.05) is 12.5 Å². The Morgan fingerprint density at radius 1 is 1.03 bits per heavy atom. The van der Waals surface area contributed by atoms with Crippen LogP contribution < -0.4 is 14.2 Å². The highest BCUT2D eigenvalue weighted by atomic mass is 16.7. The first-order valence-corrected chi connectivity index (χ1v) is 11.1. The molecular formula is C26H27N3O5. The summed E-state index contributed by atoms with van der Waals surface area (Å²) < 4.78 is 17.5. The SMILES string of the molecule is CCOc1cc(/C=C2\C(=N)N3OC(C)=CC3=NC2=O)ccc1OCCCOc1ccccc1C. The summed E-state index contributed by atoms with van der Waals surface area (Å²) >= 11 is 0. The van der Waals surface area contributed by atoms with Crippen molar-refractivity contribution in [3.8, 4) is 17.2 Å². The molecule has 0 bridgehead atoms. The van der Waals surface area contributed by atoms with Crippen molar-refractivity contribution in [3.63, 3.8) is 0 Å². The van der Waals surface area contributed by atoms with Crippen LogP contribution in [0.3, 0.4) is 0 Å². The zero-order valence-corrected chi connectivity index (χ0v) is 19.5. The number of rotatable bonds is 9. The fourth-order valence-electron chi connectivity index (χ4n) is 3.51. The molecule has 2 aromatic rings. The molecular weight excluding hydrogens is 434 g/mol. The van der Waals surface area contributed by atoms with Gasteiger partial charge in [0.2, 0.25) is 0 Å². The first kappa shape index (κ1) is 23.1. The standard InChI is InChI=1S/C26H27N3O5/c1-4-31-23-16-19(15-20-25(27)29-24(28-26(20)30)14-18(3)34-29)10-11-22(23)33-13-7-12-32-21-9-6-5-8-17(21)2/h5-6,8-11,14-16,27H,4,7,12-13H2,1-3H3/b20-15+,27-25?. The highest BCUT2D eigenvalue weighted by Gasteiger charge is 2.34. The average molecular weight is 462 g/mol. The molecule has 2 aliphatic heterocycles. The molecule has 8 heteroatoms. The Balaban J connectivity index is 1.41. The number of para-hydroxylation sites is 1. The molecule has 2 aliphatic rings. The lowest BCUT2D eigenvalue weighted by molar-refractivity contribution is -0.114. The molecule has 0 unspecified atom stereocenters. The average Bonchev–Trinajstić information content (AvgIpc) is 3.19. The number of nitrogens with zero attached hydrogens (tertiary/aromatic N) is 2. The predicted molar refractivity (Wildman–Crippen MR) is 129 cm³/mol. The Morgan fingerprint density at radius 3 is 2.56 bits per heavy atom. The molecule has 0 aromatic heterocycles. The molecule has 0 spiro atoms. The largest absolute Gasteiger partial charge is 0.493 e. The Labute approximate surface area is 198 Å². The third-order valence-electron chi connectivity index (χ3n) is 5.16. The minimum Gasteiger partial charge on any atom is -0.493 e. The molecule has 8 nitrogen and oxygen atoms in total. The third-order valence-corrected chi connectivity index (χ3v) is 5.16. The lowest BCUT2D eigenvalue weighted by Crippen LogP contribution is -2.38. The van der Waals surface area contributed by atoms with Crippen LogP contribution in [-0.2, 0) is 9.63 Å². The zero-order valence-electron chi connectivity index (χ0n) is 19.5. The topological polar surface area (TPSA) is 93.4 Å². The normalized spacial score (nSPS) is 16.1. The van der Waals surface area contributed by atoms with Gasteiger partial charge in [0.05, 0.1) is 25.4 Å². The van der Waals surface area contributed by atoms with Crippen LogP contribution in [0, 0.1) is 12.3 Å². The van der Waals surface area contributed by atoms with E-state index >= 15 is 0 Å². The van der Waals surface area contributed by atoms with Crippen LogP contribution >= 0.6 is 0 Å². The van der Waals surface area contributed by atoms with E-state index in [2.05, 4.69) is 4.99 Å². The van der Waals surface area contributed by atoms with Gasteiger partial charge < -0.3 is 19.0 Å².